The molecule has 1 amide bonds. The van der Waals surface area contributed by atoms with Gasteiger partial charge in [0.1, 0.15) is 5.82 Å². The first kappa shape index (κ1) is 20.5. The second-order valence-electron chi connectivity index (χ2n) is 6.60. The Bertz CT molecular complexity index is 1150. The molecule has 6 heteroatoms. The van der Waals surface area contributed by atoms with Crippen molar-refractivity contribution in [2.45, 2.75) is 18.7 Å². The van der Waals surface area contributed by atoms with Gasteiger partial charge in [0.25, 0.3) is 15.9 Å². The van der Waals surface area contributed by atoms with E-state index in [9.17, 15) is 17.6 Å². The molecule has 0 aliphatic heterocycles. The number of hydrogen-bond donors (Lipinski definition) is 0. The highest BCUT2D eigenvalue weighted by Crippen LogP contribution is 2.28. The number of sulfonamides is 1. The van der Waals surface area contributed by atoms with Gasteiger partial charge >= 0.3 is 0 Å². The zero-order valence-corrected chi connectivity index (χ0v) is 16.9. The maximum atomic E-state index is 13.3. The molecule has 0 spiro atoms. The van der Waals surface area contributed by atoms with Crippen LogP contribution in [0.1, 0.15) is 16.7 Å². The molecule has 3 rings (SSSR count). The quantitative estimate of drug-likeness (QED) is 0.565. The highest BCUT2D eigenvalue weighted by Gasteiger charge is 2.30. The topological polar surface area (TPSA) is 54.5 Å². The number of halogens is 1. The molecule has 0 radical (unpaired) electrons. The number of benzene rings is 3. The van der Waals surface area contributed by atoms with Gasteiger partial charge in [0.2, 0.25) is 0 Å². The number of rotatable bonds is 5. The molecule has 0 atom stereocenters. The van der Waals surface area contributed by atoms with Crippen LogP contribution in [-0.4, -0.2) is 14.3 Å². The average molecular weight is 409 g/mol. The van der Waals surface area contributed by atoms with Crippen molar-refractivity contribution in [3.05, 3.63) is 101 Å². The second kappa shape index (κ2) is 8.41. The summed E-state index contributed by atoms with van der Waals surface area (Å²) >= 11 is 0. The fourth-order valence-corrected chi connectivity index (χ4v) is 4.28. The lowest BCUT2D eigenvalue weighted by atomic mass is 10.1. The summed E-state index contributed by atoms with van der Waals surface area (Å²) < 4.78 is 40.5. The molecular formula is C23H20FNO3S. The largest absolute Gasteiger partial charge is 0.271 e. The van der Waals surface area contributed by atoms with Crippen molar-refractivity contribution in [2.24, 2.45) is 0 Å². The summed E-state index contributed by atoms with van der Waals surface area (Å²) in [6.45, 7) is 3.58. The van der Waals surface area contributed by atoms with Gasteiger partial charge in [-0.15, -0.1) is 0 Å². The molecule has 0 fully saturated rings. The Morgan fingerprint density at radius 2 is 1.59 bits per heavy atom. The van der Waals surface area contributed by atoms with Crippen molar-refractivity contribution in [1.29, 1.82) is 0 Å². The molecule has 0 aromatic heterocycles. The molecule has 0 unspecified atom stereocenters. The number of hydrogen-bond acceptors (Lipinski definition) is 3. The Kier molecular flexibility index (Phi) is 5.94. The third kappa shape index (κ3) is 4.60. The van der Waals surface area contributed by atoms with Crippen LogP contribution in [0.15, 0.2) is 83.8 Å². The van der Waals surface area contributed by atoms with Gasteiger partial charge in [-0.3, -0.25) is 4.79 Å². The van der Waals surface area contributed by atoms with Gasteiger partial charge in [-0.05, 0) is 66.9 Å². The van der Waals surface area contributed by atoms with E-state index in [1.807, 2.05) is 13.0 Å². The Hall–Kier alpha value is -3.25. The van der Waals surface area contributed by atoms with Crippen LogP contribution in [-0.2, 0) is 14.8 Å². The molecule has 0 bridgehead atoms. The fourth-order valence-electron chi connectivity index (χ4n) is 2.81. The number of anilines is 1. The summed E-state index contributed by atoms with van der Waals surface area (Å²) in [5.41, 5.74) is 2.35. The smallest absolute Gasteiger partial charge is 0.268 e. The van der Waals surface area contributed by atoms with Crippen LogP contribution in [0.5, 0.6) is 0 Å². The molecule has 0 aliphatic carbocycles. The highest BCUT2D eigenvalue weighted by molar-refractivity contribution is 7.93. The predicted molar refractivity (Wildman–Crippen MR) is 112 cm³/mol. The molecule has 3 aromatic carbocycles. The van der Waals surface area contributed by atoms with E-state index >= 15 is 0 Å². The molecule has 0 heterocycles. The standard InChI is InChI=1S/C23H20FNO3S/c1-17-8-9-18(2)22(16-17)25(29(27,28)21-6-4-3-5-7-21)23(26)15-12-19-10-13-20(24)14-11-19/h3-16H,1-2H3/b15-12+. The van der Waals surface area contributed by atoms with Gasteiger partial charge in [0.05, 0.1) is 10.6 Å². The van der Waals surface area contributed by atoms with Gasteiger partial charge < -0.3 is 0 Å². The third-order valence-electron chi connectivity index (χ3n) is 4.35. The summed E-state index contributed by atoms with van der Waals surface area (Å²) in [4.78, 5) is 13.1. The number of carbonyl (C=O) groups is 1. The van der Waals surface area contributed by atoms with Crippen LogP contribution in [0.4, 0.5) is 10.1 Å². The third-order valence-corrected chi connectivity index (χ3v) is 6.08. The lowest BCUT2D eigenvalue weighted by Crippen LogP contribution is -2.36. The number of carbonyl (C=O) groups excluding carboxylic acids is 1. The van der Waals surface area contributed by atoms with E-state index in [4.69, 9.17) is 0 Å². The van der Waals surface area contributed by atoms with E-state index in [0.29, 0.717) is 16.8 Å². The summed E-state index contributed by atoms with van der Waals surface area (Å²) in [6, 6.07) is 18.7. The van der Waals surface area contributed by atoms with Crippen molar-refractivity contribution >= 4 is 27.7 Å². The summed E-state index contributed by atoms with van der Waals surface area (Å²) in [6.07, 6.45) is 2.63. The Labute approximate surface area is 170 Å². The Morgan fingerprint density at radius 1 is 0.931 bits per heavy atom. The van der Waals surface area contributed by atoms with Crippen molar-refractivity contribution in [3.63, 3.8) is 0 Å². The summed E-state index contributed by atoms with van der Waals surface area (Å²) in [7, 11) is -4.13. The van der Waals surface area contributed by atoms with E-state index in [-0.39, 0.29) is 4.90 Å². The summed E-state index contributed by atoms with van der Waals surface area (Å²) in [5, 5.41) is 0. The minimum atomic E-state index is -4.13. The molecule has 4 nitrogen and oxygen atoms in total. The van der Waals surface area contributed by atoms with E-state index in [2.05, 4.69) is 0 Å². The minimum absolute atomic E-state index is 0.0180. The van der Waals surface area contributed by atoms with Crippen LogP contribution in [0, 0.1) is 19.7 Å². The van der Waals surface area contributed by atoms with E-state index < -0.39 is 21.7 Å². The monoisotopic (exact) mass is 409 g/mol. The van der Waals surface area contributed by atoms with Crippen LogP contribution < -0.4 is 4.31 Å². The summed E-state index contributed by atoms with van der Waals surface area (Å²) in [5.74, 6) is -1.11. The van der Waals surface area contributed by atoms with Crippen LogP contribution >= 0.6 is 0 Å². The SMILES string of the molecule is Cc1ccc(C)c(N(C(=O)/C=C/c2ccc(F)cc2)S(=O)(=O)c2ccccc2)c1. The Balaban J connectivity index is 2.09. The van der Waals surface area contributed by atoms with Crippen LogP contribution in [0.2, 0.25) is 0 Å². The molecule has 0 N–H and O–H groups in total. The van der Waals surface area contributed by atoms with Crippen LogP contribution in [0.3, 0.4) is 0 Å². The van der Waals surface area contributed by atoms with Crippen molar-refractivity contribution in [2.75, 3.05) is 4.31 Å². The van der Waals surface area contributed by atoms with Gasteiger partial charge in [-0.1, -0.05) is 42.5 Å². The zero-order valence-electron chi connectivity index (χ0n) is 16.0. The minimum Gasteiger partial charge on any atom is -0.268 e. The number of aryl methyl sites for hydroxylation is 2. The molecule has 29 heavy (non-hydrogen) atoms. The van der Waals surface area contributed by atoms with Gasteiger partial charge in [-0.2, -0.15) is 4.31 Å². The van der Waals surface area contributed by atoms with Gasteiger partial charge in [0.15, 0.2) is 0 Å². The zero-order chi connectivity index (χ0) is 21.0. The van der Waals surface area contributed by atoms with Gasteiger partial charge in [0, 0.05) is 6.08 Å². The maximum absolute atomic E-state index is 13.3. The van der Waals surface area contributed by atoms with Crippen molar-refractivity contribution in [1.82, 2.24) is 0 Å². The van der Waals surface area contributed by atoms with E-state index in [1.54, 1.807) is 37.3 Å². The lowest BCUT2D eigenvalue weighted by Gasteiger charge is -2.23. The normalized spacial score (nSPS) is 11.6. The predicted octanol–water partition coefficient (Wildman–Crippen LogP) is 4.88. The second-order valence-corrected chi connectivity index (χ2v) is 8.38. The van der Waals surface area contributed by atoms with Crippen molar-refractivity contribution < 1.29 is 17.6 Å². The first-order valence-corrected chi connectivity index (χ1v) is 10.4. The molecule has 0 saturated carbocycles. The maximum Gasteiger partial charge on any atom is 0.271 e. The molecule has 3 aromatic rings. The Morgan fingerprint density at radius 3 is 2.24 bits per heavy atom. The average Bonchev–Trinajstić information content (AvgIpc) is 2.71. The molecule has 0 aliphatic rings. The molecular weight excluding hydrogens is 389 g/mol. The van der Waals surface area contributed by atoms with Crippen LogP contribution in [0.25, 0.3) is 6.08 Å². The fraction of sp³-hybridized carbons (Fsp3) is 0.0870. The lowest BCUT2D eigenvalue weighted by molar-refractivity contribution is -0.113. The van der Waals surface area contributed by atoms with Crippen molar-refractivity contribution in [3.8, 4) is 0 Å². The first-order chi connectivity index (χ1) is 13.8. The first-order valence-electron chi connectivity index (χ1n) is 8.94. The molecule has 0 saturated heterocycles. The number of nitrogens with zero attached hydrogens (tertiary/aromatic N) is 1. The van der Waals surface area contributed by atoms with E-state index in [1.165, 1.54) is 48.6 Å². The van der Waals surface area contributed by atoms with E-state index in [0.717, 1.165) is 9.87 Å². The number of amides is 1. The van der Waals surface area contributed by atoms with Gasteiger partial charge in [-0.25, -0.2) is 12.8 Å². The highest BCUT2D eigenvalue weighted by atomic mass is 32.2. The molecule has 148 valence electrons.